The summed E-state index contributed by atoms with van der Waals surface area (Å²) >= 11 is 3.10. The van der Waals surface area contributed by atoms with Crippen molar-refractivity contribution in [3.8, 4) is 0 Å². The molecule has 0 aliphatic heterocycles. The molecule has 2 N–H and O–H groups in total. The second-order valence-electron chi connectivity index (χ2n) is 3.28. The molecule has 1 aromatic heterocycles. The maximum absolute atomic E-state index is 5.55. The van der Waals surface area contributed by atoms with Crippen LogP contribution in [0.1, 0.15) is 18.3 Å². The summed E-state index contributed by atoms with van der Waals surface area (Å²) in [5.74, 6) is 0.922. The number of nitrogens with two attached hydrogens (primary N) is 1. The van der Waals surface area contributed by atoms with E-state index in [1.807, 2.05) is 12.1 Å². The first-order valence-electron chi connectivity index (χ1n) is 5.11. The minimum Gasteiger partial charge on any atom is -0.326 e. The summed E-state index contributed by atoms with van der Waals surface area (Å²) in [6.07, 6.45) is 0.892. The van der Waals surface area contributed by atoms with Gasteiger partial charge in [-0.15, -0.1) is 0 Å². The molecular weight excluding hydrogens is 238 g/mol. The third-order valence-electron chi connectivity index (χ3n) is 2.13. The maximum Gasteiger partial charge on any atom is 0.174 e. The van der Waals surface area contributed by atoms with Gasteiger partial charge in [0.2, 0.25) is 0 Å². The number of hydrogen-bond acceptors (Lipinski definition) is 5. The van der Waals surface area contributed by atoms with Crippen molar-refractivity contribution in [2.45, 2.75) is 29.1 Å². The van der Waals surface area contributed by atoms with E-state index in [2.05, 4.69) is 28.4 Å². The fraction of sp³-hybridized carbons (Fsp3) is 0.273. The number of aromatic nitrogens is 2. The van der Waals surface area contributed by atoms with Crippen molar-refractivity contribution in [2.75, 3.05) is 0 Å². The van der Waals surface area contributed by atoms with Gasteiger partial charge < -0.3 is 5.73 Å². The van der Waals surface area contributed by atoms with Gasteiger partial charge in [-0.3, -0.25) is 0 Å². The Morgan fingerprint density at radius 2 is 2.06 bits per heavy atom. The molecule has 1 heterocycles. The first-order chi connectivity index (χ1) is 7.81. The average Bonchev–Trinajstić information content (AvgIpc) is 2.78. The molecular formula is C11H13N3S2. The zero-order valence-corrected chi connectivity index (χ0v) is 10.6. The number of aryl methyl sites for hydroxylation is 1. The Bertz CT molecular complexity index is 451. The molecule has 0 saturated heterocycles. The van der Waals surface area contributed by atoms with Gasteiger partial charge in [0, 0.05) is 17.9 Å². The van der Waals surface area contributed by atoms with Crippen molar-refractivity contribution in [1.29, 1.82) is 0 Å². The van der Waals surface area contributed by atoms with Crippen molar-refractivity contribution in [3.63, 3.8) is 0 Å². The lowest BCUT2D eigenvalue weighted by Crippen LogP contribution is -1.94. The normalized spacial score (nSPS) is 10.6. The fourth-order valence-corrected chi connectivity index (χ4v) is 2.89. The van der Waals surface area contributed by atoms with Crippen molar-refractivity contribution in [1.82, 2.24) is 9.36 Å². The van der Waals surface area contributed by atoms with Crippen LogP contribution in [0.5, 0.6) is 0 Å². The van der Waals surface area contributed by atoms with Gasteiger partial charge in [0.15, 0.2) is 4.34 Å². The molecule has 2 aromatic rings. The highest BCUT2D eigenvalue weighted by Crippen LogP contribution is 2.28. The summed E-state index contributed by atoms with van der Waals surface area (Å²) in [6, 6.07) is 8.23. The van der Waals surface area contributed by atoms with Crippen LogP contribution in [-0.4, -0.2) is 9.36 Å². The summed E-state index contributed by atoms with van der Waals surface area (Å²) in [6.45, 7) is 2.65. The molecule has 2 rings (SSSR count). The van der Waals surface area contributed by atoms with Crippen molar-refractivity contribution in [3.05, 3.63) is 35.7 Å². The third-order valence-corrected chi connectivity index (χ3v) is 3.93. The molecule has 84 valence electrons. The van der Waals surface area contributed by atoms with E-state index in [0.717, 1.165) is 22.1 Å². The van der Waals surface area contributed by atoms with Crippen LogP contribution in [-0.2, 0) is 13.0 Å². The maximum atomic E-state index is 5.55. The summed E-state index contributed by atoms with van der Waals surface area (Å²) in [5, 5.41) is 0. The molecule has 0 radical (unpaired) electrons. The average molecular weight is 251 g/mol. The summed E-state index contributed by atoms with van der Waals surface area (Å²) in [4.78, 5) is 5.59. The van der Waals surface area contributed by atoms with Crippen LogP contribution in [0.4, 0.5) is 0 Å². The molecule has 3 nitrogen and oxygen atoms in total. The van der Waals surface area contributed by atoms with Gasteiger partial charge in [-0.2, -0.15) is 4.37 Å². The first-order valence-corrected chi connectivity index (χ1v) is 6.70. The Hall–Kier alpha value is -0.910. The highest BCUT2D eigenvalue weighted by molar-refractivity contribution is 8.01. The second kappa shape index (κ2) is 5.43. The van der Waals surface area contributed by atoms with E-state index < -0.39 is 0 Å². The van der Waals surface area contributed by atoms with Crippen LogP contribution < -0.4 is 5.73 Å². The van der Waals surface area contributed by atoms with Crippen molar-refractivity contribution in [2.24, 2.45) is 5.73 Å². The van der Waals surface area contributed by atoms with Crippen LogP contribution in [0.15, 0.2) is 33.5 Å². The van der Waals surface area contributed by atoms with Gasteiger partial charge >= 0.3 is 0 Å². The Balaban J connectivity index is 2.08. The van der Waals surface area contributed by atoms with Crippen LogP contribution in [0, 0.1) is 0 Å². The summed E-state index contributed by atoms with van der Waals surface area (Å²) in [7, 11) is 0. The molecule has 0 unspecified atom stereocenters. The summed E-state index contributed by atoms with van der Waals surface area (Å²) < 4.78 is 5.25. The van der Waals surface area contributed by atoms with Gasteiger partial charge in [-0.25, -0.2) is 4.98 Å². The quantitative estimate of drug-likeness (QED) is 0.907. The zero-order valence-electron chi connectivity index (χ0n) is 9.01. The number of rotatable bonds is 4. The SMILES string of the molecule is CCc1nsc(Sc2ccc(CN)cc2)n1. The predicted octanol–water partition coefficient (Wildman–Crippen LogP) is 2.71. The van der Waals surface area contributed by atoms with E-state index in [1.54, 1.807) is 11.8 Å². The Labute approximate surface area is 103 Å². The van der Waals surface area contributed by atoms with E-state index in [9.17, 15) is 0 Å². The molecule has 0 amide bonds. The van der Waals surface area contributed by atoms with Crippen LogP contribution in [0.2, 0.25) is 0 Å². The van der Waals surface area contributed by atoms with Gasteiger partial charge in [0.05, 0.1) is 0 Å². The molecule has 0 aliphatic rings. The zero-order chi connectivity index (χ0) is 11.4. The topological polar surface area (TPSA) is 51.8 Å². The molecule has 0 atom stereocenters. The molecule has 0 spiro atoms. The molecule has 0 bridgehead atoms. The minimum absolute atomic E-state index is 0.587. The number of nitrogens with zero attached hydrogens (tertiary/aromatic N) is 2. The first kappa shape index (κ1) is 11.6. The van der Waals surface area contributed by atoms with Crippen molar-refractivity contribution >= 4 is 23.3 Å². The predicted molar refractivity (Wildman–Crippen MR) is 67.7 cm³/mol. The molecule has 0 aliphatic carbocycles. The lowest BCUT2D eigenvalue weighted by atomic mass is 10.2. The van der Waals surface area contributed by atoms with Crippen LogP contribution >= 0.6 is 23.3 Å². The Kier molecular flexibility index (Phi) is 3.93. The van der Waals surface area contributed by atoms with E-state index in [1.165, 1.54) is 16.4 Å². The number of benzene rings is 1. The Morgan fingerprint density at radius 1 is 1.31 bits per heavy atom. The second-order valence-corrected chi connectivity index (χ2v) is 5.35. The fourth-order valence-electron chi connectivity index (χ4n) is 1.22. The monoisotopic (exact) mass is 251 g/mol. The van der Waals surface area contributed by atoms with E-state index in [4.69, 9.17) is 5.73 Å². The largest absolute Gasteiger partial charge is 0.326 e. The van der Waals surface area contributed by atoms with Gasteiger partial charge in [-0.1, -0.05) is 30.8 Å². The lowest BCUT2D eigenvalue weighted by Gasteiger charge is -1.99. The van der Waals surface area contributed by atoms with Gasteiger partial charge in [-0.05, 0) is 29.2 Å². The van der Waals surface area contributed by atoms with E-state index in [-0.39, 0.29) is 0 Å². The van der Waals surface area contributed by atoms with Crippen LogP contribution in [0.3, 0.4) is 0 Å². The van der Waals surface area contributed by atoms with Gasteiger partial charge in [0.25, 0.3) is 0 Å². The van der Waals surface area contributed by atoms with E-state index >= 15 is 0 Å². The standard InChI is InChI=1S/C11H13N3S2/c1-2-10-13-11(16-14-10)15-9-5-3-8(7-12)4-6-9/h3-6H,2,7,12H2,1H3. The smallest absolute Gasteiger partial charge is 0.174 e. The molecule has 0 fully saturated rings. The summed E-state index contributed by atoms with van der Waals surface area (Å²) in [5.41, 5.74) is 6.70. The molecule has 16 heavy (non-hydrogen) atoms. The lowest BCUT2D eigenvalue weighted by molar-refractivity contribution is 0.971. The number of hydrogen-bond donors (Lipinski definition) is 1. The molecule has 5 heteroatoms. The minimum atomic E-state index is 0.587. The third kappa shape index (κ3) is 2.81. The Morgan fingerprint density at radius 3 is 2.62 bits per heavy atom. The molecule has 1 aromatic carbocycles. The van der Waals surface area contributed by atoms with Crippen LogP contribution in [0.25, 0.3) is 0 Å². The highest BCUT2D eigenvalue weighted by atomic mass is 32.2. The highest BCUT2D eigenvalue weighted by Gasteiger charge is 2.04. The molecule has 0 saturated carbocycles. The van der Waals surface area contributed by atoms with Crippen molar-refractivity contribution < 1.29 is 0 Å². The van der Waals surface area contributed by atoms with Gasteiger partial charge in [0.1, 0.15) is 5.82 Å². The van der Waals surface area contributed by atoms with E-state index in [0.29, 0.717) is 6.54 Å².